The van der Waals surface area contributed by atoms with Crippen LogP contribution in [-0.2, 0) is 6.54 Å². The fraction of sp³-hybridized carbons (Fsp3) is 0.0952. The second kappa shape index (κ2) is 8.11. The highest BCUT2D eigenvalue weighted by molar-refractivity contribution is 6.42. The zero-order valence-corrected chi connectivity index (χ0v) is 17.0. The van der Waals surface area contributed by atoms with Crippen molar-refractivity contribution in [3.63, 3.8) is 0 Å². The molecule has 8 heteroatoms. The summed E-state index contributed by atoms with van der Waals surface area (Å²) in [5, 5.41) is 12.1. The predicted octanol–water partition coefficient (Wildman–Crippen LogP) is 4.84. The van der Waals surface area contributed by atoms with Gasteiger partial charge in [-0.25, -0.2) is 4.68 Å². The highest BCUT2D eigenvalue weighted by atomic mass is 35.5. The summed E-state index contributed by atoms with van der Waals surface area (Å²) < 4.78 is 1.79. The van der Waals surface area contributed by atoms with Crippen molar-refractivity contribution in [2.75, 3.05) is 7.05 Å². The summed E-state index contributed by atoms with van der Waals surface area (Å²) in [4.78, 5) is 14.4. The van der Waals surface area contributed by atoms with Gasteiger partial charge in [0.2, 0.25) is 0 Å². The number of hydrogen-bond acceptors (Lipinski definition) is 3. The molecule has 0 spiro atoms. The van der Waals surface area contributed by atoms with Crippen LogP contribution >= 0.6 is 23.2 Å². The number of nitrogens with one attached hydrogen (secondary N) is 1. The monoisotopic (exact) mass is 425 g/mol. The quantitative estimate of drug-likeness (QED) is 0.497. The molecule has 2 aromatic carbocycles. The lowest BCUT2D eigenvalue weighted by molar-refractivity contribution is 0.0779. The Kier molecular flexibility index (Phi) is 5.38. The van der Waals surface area contributed by atoms with Gasteiger partial charge in [-0.3, -0.25) is 9.89 Å². The van der Waals surface area contributed by atoms with Gasteiger partial charge in [0.25, 0.3) is 5.91 Å². The van der Waals surface area contributed by atoms with Gasteiger partial charge >= 0.3 is 0 Å². The first-order chi connectivity index (χ1) is 14.0. The van der Waals surface area contributed by atoms with Crippen molar-refractivity contribution >= 4 is 29.1 Å². The Balaban J connectivity index is 1.45. The lowest BCUT2D eigenvalue weighted by Crippen LogP contribution is -2.26. The van der Waals surface area contributed by atoms with Crippen LogP contribution in [0.5, 0.6) is 0 Å². The molecule has 0 saturated carbocycles. The van der Waals surface area contributed by atoms with Crippen LogP contribution < -0.4 is 0 Å². The number of aromatic amines is 1. The molecule has 4 aromatic rings. The molecule has 0 aliphatic heterocycles. The van der Waals surface area contributed by atoms with Gasteiger partial charge in [0.1, 0.15) is 5.69 Å². The highest BCUT2D eigenvalue weighted by Gasteiger charge is 2.16. The van der Waals surface area contributed by atoms with E-state index in [2.05, 4.69) is 15.3 Å². The zero-order valence-electron chi connectivity index (χ0n) is 15.5. The molecule has 0 radical (unpaired) electrons. The Morgan fingerprint density at radius 2 is 1.90 bits per heavy atom. The summed E-state index contributed by atoms with van der Waals surface area (Å²) in [5.41, 5.74) is 3.80. The number of carbonyl (C=O) groups is 1. The highest BCUT2D eigenvalue weighted by Crippen LogP contribution is 2.28. The molecule has 0 atom stereocenters. The minimum Gasteiger partial charge on any atom is -0.336 e. The molecule has 4 rings (SSSR count). The van der Waals surface area contributed by atoms with Crippen LogP contribution in [0.3, 0.4) is 0 Å². The summed E-state index contributed by atoms with van der Waals surface area (Å²) in [7, 11) is 1.75. The van der Waals surface area contributed by atoms with E-state index in [1.165, 1.54) is 0 Å². The fourth-order valence-corrected chi connectivity index (χ4v) is 3.26. The SMILES string of the molecule is CN(Cc1ccc(-n2cccn2)cc1)C(=O)c1cc(-c2ccc(Cl)c(Cl)c2)n[nH]1. The molecule has 0 bridgehead atoms. The van der Waals surface area contributed by atoms with Crippen LogP contribution in [-0.4, -0.2) is 37.8 Å². The van der Waals surface area contributed by atoms with Crippen molar-refractivity contribution in [1.29, 1.82) is 0 Å². The number of nitrogens with zero attached hydrogens (tertiary/aromatic N) is 4. The Labute approximate surface area is 177 Å². The lowest BCUT2D eigenvalue weighted by atomic mass is 10.1. The summed E-state index contributed by atoms with van der Waals surface area (Å²) >= 11 is 12.0. The van der Waals surface area contributed by atoms with E-state index in [0.717, 1.165) is 16.8 Å². The van der Waals surface area contributed by atoms with Gasteiger partial charge in [0.05, 0.1) is 21.4 Å². The second-order valence-electron chi connectivity index (χ2n) is 6.57. The first-order valence-corrected chi connectivity index (χ1v) is 9.62. The van der Waals surface area contributed by atoms with Gasteiger partial charge in [0, 0.05) is 31.5 Å². The number of rotatable bonds is 5. The van der Waals surface area contributed by atoms with Crippen LogP contribution in [0.15, 0.2) is 67.0 Å². The van der Waals surface area contributed by atoms with Crippen LogP contribution in [0.1, 0.15) is 16.1 Å². The molecule has 0 saturated heterocycles. The summed E-state index contributed by atoms with van der Waals surface area (Å²) in [6.45, 7) is 0.472. The van der Waals surface area contributed by atoms with Crippen molar-refractivity contribution in [2.24, 2.45) is 0 Å². The normalized spacial score (nSPS) is 10.9. The number of halogens is 2. The molecule has 2 aromatic heterocycles. The summed E-state index contributed by atoms with van der Waals surface area (Å²) in [5.74, 6) is -0.153. The van der Waals surface area contributed by atoms with Crippen molar-refractivity contribution < 1.29 is 4.79 Å². The smallest absolute Gasteiger partial charge is 0.271 e. The van der Waals surface area contributed by atoms with Crippen LogP contribution in [0.25, 0.3) is 16.9 Å². The Morgan fingerprint density at radius 3 is 2.59 bits per heavy atom. The van der Waals surface area contributed by atoms with E-state index in [1.54, 1.807) is 41.0 Å². The first-order valence-electron chi connectivity index (χ1n) is 8.86. The molecule has 1 amide bonds. The zero-order chi connectivity index (χ0) is 20.4. The largest absolute Gasteiger partial charge is 0.336 e. The van der Waals surface area contributed by atoms with Gasteiger partial charge in [0.15, 0.2) is 0 Å². The molecule has 146 valence electrons. The number of H-pyrrole nitrogens is 1. The lowest BCUT2D eigenvalue weighted by Gasteiger charge is -2.16. The topological polar surface area (TPSA) is 66.8 Å². The number of hydrogen-bond donors (Lipinski definition) is 1. The number of amides is 1. The summed E-state index contributed by atoms with van der Waals surface area (Å²) in [6.07, 6.45) is 3.62. The molecule has 1 N–H and O–H groups in total. The standard InChI is InChI=1S/C21H17Cl2N5O/c1-27(13-14-3-6-16(7-4-14)28-10-2-9-24-28)21(29)20-12-19(25-26-20)15-5-8-17(22)18(23)11-15/h2-12H,13H2,1H3,(H,25,26). The Hall–Kier alpha value is -3.09. The molecule has 0 unspecified atom stereocenters. The van der Waals surface area contributed by atoms with Crippen molar-refractivity contribution in [1.82, 2.24) is 24.9 Å². The van der Waals surface area contributed by atoms with E-state index in [0.29, 0.717) is 28.0 Å². The van der Waals surface area contributed by atoms with E-state index in [9.17, 15) is 4.79 Å². The molecule has 0 aliphatic carbocycles. The molecular formula is C21H17Cl2N5O. The molecule has 2 heterocycles. The predicted molar refractivity (Wildman–Crippen MR) is 113 cm³/mol. The molecule has 0 fully saturated rings. The third-order valence-electron chi connectivity index (χ3n) is 4.50. The third-order valence-corrected chi connectivity index (χ3v) is 5.23. The van der Waals surface area contributed by atoms with Gasteiger partial charge < -0.3 is 4.90 Å². The van der Waals surface area contributed by atoms with Crippen LogP contribution in [0, 0.1) is 0 Å². The first kappa shape index (κ1) is 19.2. The third kappa shape index (κ3) is 4.18. The van der Waals surface area contributed by atoms with Crippen LogP contribution in [0.4, 0.5) is 0 Å². The van der Waals surface area contributed by atoms with E-state index in [4.69, 9.17) is 23.2 Å². The molecule has 0 aliphatic rings. The van der Waals surface area contributed by atoms with Gasteiger partial charge in [-0.05, 0) is 42.0 Å². The number of benzene rings is 2. The van der Waals surface area contributed by atoms with Crippen LogP contribution in [0.2, 0.25) is 10.0 Å². The van der Waals surface area contributed by atoms with E-state index >= 15 is 0 Å². The average molecular weight is 426 g/mol. The number of carbonyl (C=O) groups excluding carboxylic acids is 1. The van der Waals surface area contributed by atoms with Gasteiger partial charge in [-0.1, -0.05) is 41.4 Å². The van der Waals surface area contributed by atoms with E-state index < -0.39 is 0 Å². The van der Waals surface area contributed by atoms with Crippen molar-refractivity contribution in [2.45, 2.75) is 6.54 Å². The maximum atomic E-state index is 12.8. The second-order valence-corrected chi connectivity index (χ2v) is 7.39. The molecular weight excluding hydrogens is 409 g/mol. The van der Waals surface area contributed by atoms with Gasteiger partial charge in [-0.2, -0.15) is 10.2 Å². The minimum absolute atomic E-state index is 0.153. The van der Waals surface area contributed by atoms with E-state index in [1.807, 2.05) is 42.6 Å². The Bertz CT molecular complexity index is 1140. The summed E-state index contributed by atoms with van der Waals surface area (Å²) in [6, 6.07) is 16.7. The van der Waals surface area contributed by atoms with E-state index in [-0.39, 0.29) is 5.91 Å². The maximum absolute atomic E-state index is 12.8. The molecule has 6 nitrogen and oxygen atoms in total. The fourth-order valence-electron chi connectivity index (χ4n) is 2.96. The maximum Gasteiger partial charge on any atom is 0.271 e. The number of aromatic nitrogens is 4. The molecule has 29 heavy (non-hydrogen) atoms. The van der Waals surface area contributed by atoms with Crippen molar-refractivity contribution in [3.05, 3.63) is 88.3 Å². The van der Waals surface area contributed by atoms with Crippen molar-refractivity contribution in [3.8, 4) is 16.9 Å². The van der Waals surface area contributed by atoms with Gasteiger partial charge in [-0.15, -0.1) is 0 Å². The Morgan fingerprint density at radius 1 is 1.10 bits per heavy atom. The average Bonchev–Trinajstić information content (AvgIpc) is 3.42. The minimum atomic E-state index is -0.153.